The van der Waals surface area contributed by atoms with Crippen molar-refractivity contribution in [2.45, 2.75) is 38.6 Å². The Bertz CT molecular complexity index is 340. The van der Waals surface area contributed by atoms with Crippen LogP contribution in [0.25, 0.3) is 0 Å². The molecule has 3 nitrogen and oxygen atoms in total. The van der Waals surface area contributed by atoms with E-state index in [0.29, 0.717) is 11.6 Å². The molecule has 14 heavy (non-hydrogen) atoms. The van der Waals surface area contributed by atoms with Gasteiger partial charge in [-0.25, -0.2) is 0 Å². The van der Waals surface area contributed by atoms with Gasteiger partial charge in [0.2, 0.25) is 0 Å². The lowest BCUT2D eigenvalue weighted by atomic mass is 9.87. The lowest BCUT2D eigenvalue weighted by Crippen LogP contribution is -2.16. The minimum Gasteiger partial charge on any atom is -0.268 e. The van der Waals surface area contributed by atoms with Crippen LogP contribution in [0.1, 0.15) is 44.2 Å². The molecule has 1 fully saturated rings. The van der Waals surface area contributed by atoms with Crippen LogP contribution in [-0.2, 0) is 0 Å². The molecule has 1 aliphatic carbocycles. The molecule has 0 saturated heterocycles. The Morgan fingerprint density at radius 2 is 2.14 bits per heavy atom. The summed E-state index contributed by atoms with van der Waals surface area (Å²) in [6, 6.07) is 2.63. The van der Waals surface area contributed by atoms with Crippen molar-refractivity contribution >= 4 is 0 Å². The first-order valence-electron chi connectivity index (χ1n) is 5.24. The molecule has 0 spiro atoms. The van der Waals surface area contributed by atoms with Gasteiger partial charge in [0.25, 0.3) is 0 Å². The maximum atomic E-state index is 8.69. The van der Waals surface area contributed by atoms with Crippen LogP contribution in [0.3, 0.4) is 0 Å². The molecule has 74 valence electrons. The quantitative estimate of drug-likeness (QED) is 0.681. The molecular formula is C11H15N3. The van der Waals surface area contributed by atoms with Crippen LogP contribution in [-0.4, -0.2) is 9.78 Å². The standard InChI is InChI=1S/C11H15N3/c1-9-2-4-11(5-3-9)14-8-10(6-12)7-13-14/h7-9,11H,2-5H2,1H3. The van der Waals surface area contributed by atoms with Gasteiger partial charge in [0.1, 0.15) is 6.07 Å². The highest BCUT2D eigenvalue weighted by Gasteiger charge is 2.19. The molecule has 1 aromatic rings. The van der Waals surface area contributed by atoms with Crippen LogP contribution in [0.2, 0.25) is 0 Å². The van der Waals surface area contributed by atoms with Gasteiger partial charge in [-0.15, -0.1) is 0 Å². The molecule has 0 radical (unpaired) electrons. The molecule has 1 heterocycles. The van der Waals surface area contributed by atoms with Crippen molar-refractivity contribution in [3.05, 3.63) is 18.0 Å². The average Bonchev–Trinajstić information content (AvgIpc) is 2.67. The van der Waals surface area contributed by atoms with E-state index in [2.05, 4.69) is 18.1 Å². The molecule has 0 aliphatic heterocycles. The van der Waals surface area contributed by atoms with E-state index >= 15 is 0 Å². The summed E-state index contributed by atoms with van der Waals surface area (Å²) in [5.41, 5.74) is 0.670. The highest BCUT2D eigenvalue weighted by Crippen LogP contribution is 2.31. The fourth-order valence-electron chi connectivity index (χ4n) is 2.10. The SMILES string of the molecule is CC1CCC(n2cc(C#N)cn2)CC1. The molecule has 0 unspecified atom stereocenters. The molecule has 3 heteroatoms. The van der Waals surface area contributed by atoms with Crippen molar-refractivity contribution in [3.8, 4) is 6.07 Å². The van der Waals surface area contributed by atoms with Crippen LogP contribution >= 0.6 is 0 Å². The van der Waals surface area contributed by atoms with Gasteiger partial charge < -0.3 is 0 Å². The fraction of sp³-hybridized carbons (Fsp3) is 0.636. The van der Waals surface area contributed by atoms with Gasteiger partial charge in [-0.3, -0.25) is 4.68 Å². The molecule has 0 amide bonds. The molecular weight excluding hydrogens is 174 g/mol. The Morgan fingerprint density at radius 1 is 1.43 bits per heavy atom. The van der Waals surface area contributed by atoms with Crippen molar-refractivity contribution in [2.24, 2.45) is 5.92 Å². The second-order valence-corrected chi connectivity index (χ2v) is 4.23. The van der Waals surface area contributed by atoms with Gasteiger partial charge in [-0.1, -0.05) is 6.92 Å². The third-order valence-electron chi connectivity index (χ3n) is 3.09. The Morgan fingerprint density at radius 3 is 2.71 bits per heavy atom. The zero-order valence-electron chi connectivity index (χ0n) is 8.48. The molecule has 0 N–H and O–H groups in total. The Labute approximate surface area is 84.3 Å². The number of hydrogen-bond acceptors (Lipinski definition) is 2. The zero-order chi connectivity index (χ0) is 9.97. The van der Waals surface area contributed by atoms with E-state index in [1.165, 1.54) is 25.7 Å². The maximum Gasteiger partial charge on any atom is 0.102 e. The maximum absolute atomic E-state index is 8.69. The summed E-state index contributed by atoms with van der Waals surface area (Å²) in [7, 11) is 0. The second-order valence-electron chi connectivity index (χ2n) is 4.23. The van der Waals surface area contributed by atoms with Crippen LogP contribution < -0.4 is 0 Å². The summed E-state index contributed by atoms with van der Waals surface area (Å²) in [5, 5.41) is 12.9. The molecule has 1 aromatic heterocycles. The largest absolute Gasteiger partial charge is 0.268 e. The van der Waals surface area contributed by atoms with Crippen molar-refractivity contribution in [1.82, 2.24) is 9.78 Å². The predicted octanol–water partition coefficient (Wildman–Crippen LogP) is 2.51. The van der Waals surface area contributed by atoms with E-state index in [0.717, 1.165) is 5.92 Å². The monoisotopic (exact) mass is 189 g/mol. The number of nitrogens with zero attached hydrogens (tertiary/aromatic N) is 3. The van der Waals surface area contributed by atoms with Crippen LogP contribution in [0.4, 0.5) is 0 Å². The topological polar surface area (TPSA) is 41.6 Å². The summed E-state index contributed by atoms with van der Waals surface area (Å²) >= 11 is 0. The second kappa shape index (κ2) is 3.83. The highest BCUT2D eigenvalue weighted by atomic mass is 15.3. The number of aromatic nitrogens is 2. The summed E-state index contributed by atoms with van der Waals surface area (Å²) in [4.78, 5) is 0. The minimum atomic E-state index is 0.522. The smallest absolute Gasteiger partial charge is 0.102 e. The number of rotatable bonds is 1. The van der Waals surface area contributed by atoms with Crippen molar-refractivity contribution < 1.29 is 0 Å². The molecule has 0 aromatic carbocycles. The third-order valence-corrected chi connectivity index (χ3v) is 3.09. The summed E-state index contributed by atoms with van der Waals surface area (Å²) in [5.74, 6) is 0.859. The van der Waals surface area contributed by atoms with Gasteiger partial charge in [-0.2, -0.15) is 10.4 Å². The molecule has 2 rings (SSSR count). The molecule has 1 saturated carbocycles. The normalized spacial score (nSPS) is 27.1. The minimum absolute atomic E-state index is 0.522. The lowest BCUT2D eigenvalue weighted by Gasteiger charge is -2.26. The first-order chi connectivity index (χ1) is 6.79. The van der Waals surface area contributed by atoms with Crippen LogP contribution in [0, 0.1) is 17.2 Å². The Kier molecular flexibility index (Phi) is 2.53. The van der Waals surface area contributed by atoms with Gasteiger partial charge in [0.15, 0.2) is 0 Å². The van der Waals surface area contributed by atoms with Gasteiger partial charge in [-0.05, 0) is 31.6 Å². The zero-order valence-corrected chi connectivity index (χ0v) is 8.48. The van der Waals surface area contributed by atoms with E-state index < -0.39 is 0 Å². The first kappa shape index (κ1) is 9.26. The molecule has 0 bridgehead atoms. The summed E-state index contributed by atoms with van der Waals surface area (Å²) < 4.78 is 1.96. The first-order valence-corrected chi connectivity index (χ1v) is 5.24. The fourth-order valence-corrected chi connectivity index (χ4v) is 2.10. The van der Waals surface area contributed by atoms with E-state index in [1.54, 1.807) is 6.20 Å². The molecule has 1 aliphatic rings. The predicted molar refractivity (Wildman–Crippen MR) is 53.6 cm³/mol. The highest BCUT2D eigenvalue weighted by molar-refractivity contribution is 5.21. The Balaban J connectivity index is 2.05. The average molecular weight is 189 g/mol. The van der Waals surface area contributed by atoms with E-state index in [1.807, 2.05) is 10.9 Å². The van der Waals surface area contributed by atoms with Crippen molar-refractivity contribution in [3.63, 3.8) is 0 Å². The van der Waals surface area contributed by atoms with Gasteiger partial charge in [0, 0.05) is 6.20 Å². The van der Waals surface area contributed by atoms with Gasteiger partial charge >= 0.3 is 0 Å². The van der Waals surface area contributed by atoms with Crippen LogP contribution in [0.15, 0.2) is 12.4 Å². The van der Waals surface area contributed by atoms with Crippen LogP contribution in [0.5, 0.6) is 0 Å². The molecule has 0 atom stereocenters. The van der Waals surface area contributed by atoms with Crippen molar-refractivity contribution in [1.29, 1.82) is 5.26 Å². The lowest BCUT2D eigenvalue weighted by molar-refractivity contribution is 0.274. The van der Waals surface area contributed by atoms with Gasteiger partial charge in [0.05, 0.1) is 17.8 Å². The van der Waals surface area contributed by atoms with Crippen molar-refractivity contribution in [2.75, 3.05) is 0 Å². The third kappa shape index (κ3) is 1.79. The summed E-state index contributed by atoms with van der Waals surface area (Å²) in [6.07, 6.45) is 8.49. The number of nitriles is 1. The summed E-state index contributed by atoms with van der Waals surface area (Å²) in [6.45, 7) is 2.31. The number of hydrogen-bond donors (Lipinski definition) is 0. The van der Waals surface area contributed by atoms with E-state index in [9.17, 15) is 0 Å². The van der Waals surface area contributed by atoms with E-state index in [4.69, 9.17) is 5.26 Å². The van der Waals surface area contributed by atoms with E-state index in [-0.39, 0.29) is 0 Å². The Hall–Kier alpha value is -1.30.